The zero-order valence-electron chi connectivity index (χ0n) is 8.71. The molecule has 1 rings (SSSR count). The fourth-order valence-electron chi connectivity index (χ4n) is 1.10. The Bertz CT molecular complexity index is 284. The molecule has 0 heterocycles. The largest absolute Gasteiger partial charge is 0.496 e. The smallest absolute Gasteiger partial charge is 0.204 e. The van der Waals surface area contributed by atoms with E-state index in [0.29, 0.717) is 23.0 Å². The second-order valence-corrected chi connectivity index (χ2v) is 2.47. The van der Waals surface area contributed by atoms with Crippen molar-refractivity contribution in [1.82, 2.24) is 0 Å². The first-order chi connectivity index (χ1) is 6.76. The van der Waals surface area contributed by atoms with Gasteiger partial charge in [0.15, 0.2) is 11.5 Å². The van der Waals surface area contributed by atoms with Crippen LogP contribution in [0.1, 0.15) is 0 Å². The molecule has 0 spiro atoms. The summed E-state index contributed by atoms with van der Waals surface area (Å²) < 4.78 is 20.3. The van der Waals surface area contributed by atoms with Crippen molar-refractivity contribution in [2.75, 3.05) is 28.4 Å². The molecule has 0 aliphatic rings. The van der Waals surface area contributed by atoms with E-state index in [1.807, 2.05) is 0 Å². The van der Waals surface area contributed by atoms with Gasteiger partial charge in [-0.15, -0.1) is 0 Å². The van der Waals surface area contributed by atoms with Crippen molar-refractivity contribution in [3.8, 4) is 23.0 Å². The molecule has 1 aromatic carbocycles. The van der Waals surface area contributed by atoms with Gasteiger partial charge in [0.25, 0.3) is 0 Å². The molecule has 0 atom stereocenters. The predicted molar refractivity (Wildman–Crippen MR) is 51.5 cm³/mol. The van der Waals surface area contributed by atoms with Crippen LogP contribution in [0.4, 0.5) is 0 Å². The van der Waals surface area contributed by atoms with E-state index in [2.05, 4.69) is 6.07 Å². The van der Waals surface area contributed by atoms with Gasteiger partial charge in [-0.2, -0.15) is 0 Å². The topological polar surface area (TPSA) is 36.9 Å². The van der Waals surface area contributed by atoms with Gasteiger partial charge in [-0.1, -0.05) is 0 Å². The monoisotopic (exact) mass is 197 g/mol. The van der Waals surface area contributed by atoms with Crippen molar-refractivity contribution < 1.29 is 18.9 Å². The lowest BCUT2D eigenvalue weighted by Crippen LogP contribution is -1.96. The summed E-state index contributed by atoms with van der Waals surface area (Å²) in [7, 11) is 6.18. The second kappa shape index (κ2) is 4.60. The Morgan fingerprint density at radius 1 is 0.929 bits per heavy atom. The van der Waals surface area contributed by atoms with Crippen LogP contribution in [0.3, 0.4) is 0 Å². The van der Waals surface area contributed by atoms with Gasteiger partial charge < -0.3 is 18.9 Å². The van der Waals surface area contributed by atoms with E-state index in [-0.39, 0.29) is 0 Å². The molecule has 1 radical (unpaired) electrons. The Hall–Kier alpha value is -1.58. The zero-order valence-corrected chi connectivity index (χ0v) is 8.71. The van der Waals surface area contributed by atoms with Crippen LogP contribution in [0.15, 0.2) is 6.07 Å². The van der Waals surface area contributed by atoms with Gasteiger partial charge in [0.2, 0.25) is 5.75 Å². The third kappa shape index (κ3) is 1.84. The first kappa shape index (κ1) is 10.5. The molecule has 0 saturated heterocycles. The normalized spacial score (nSPS) is 9.43. The summed E-state index contributed by atoms with van der Waals surface area (Å²) >= 11 is 0. The summed E-state index contributed by atoms with van der Waals surface area (Å²) in [5.74, 6) is 2.07. The van der Waals surface area contributed by atoms with E-state index in [1.54, 1.807) is 27.4 Å². The molecular formula is C10H13O4. The summed E-state index contributed by atoms with van der Waals surface area (Å²) in [6, 6.07) is 4.57. The van der Waals surface area contributed by atoms with Gasteiger partial charge in [0, 0.05) is 6.07 Å². The van der Waals surface area contributed by atoms with Crippen molar-refractivity contribution >= 4 is 0 Å². The zero-order chi connectivity index (χ0) is 10.6. The summed E-state index contributed by atoms with van der Waals surface area (Å²) in [5.41, 5.74) is 0. The summed E-state index contributed by atoms with van der Waals surface area (Å²) in [6.45, 7) is 0. The molecule has 0 saturated carbocycles. The number of rotatable bonds is 4. The Morgan fingerprint density at radius 3 is 2.07 bits per heavy atom. The fraction of sp³-hybridized carbons (Fsp3) is 0.400. The van der Waals surface area contributed by atoms with Gasteiger partial charge in [-0.05, 0) is 0 Å². The van der Waals surface area contributed by atoms with E-state index < -0.39 is 0 Å². The van der Waals surface area contributed by atoms with Gasteiger partial charge in [0.1, 0.15) is 5.75 Å². The highest BCUT2D eigenvalue weighted by atomic mass is 16.5. The van der Waals surface area contributed by atoms with Crippen LogP contribution >= 0.6 is 0 Å². The molecule has 0 amide bonds. The number of hydrogen-bond acceptors (Lipinski definition) is 4. The van der Waals surface area contributed by atoms with Gasteiger partial charge in [0.05, 0.1) is 34.5 Å². The van der Waals surface area contributed by atoms with Crippen LogP contribution in [0.25, 0.3) is 0 Å². The van der Waals surface area contributed by atoms with E-state index in [9.17, 15) is 0 Å². The Labute approximate surface area is 83.3 Å². The van der Waals surface area contributed by atoms with Crippen LogP contribution in [0.2, 0.25) is 0 Å². The number of hydrogen-bond donors (Lipinski definition) is 0. The van der Waals surface area contributed by atoms with E-state index in [1.165, 1.54) is 7.11 Å². The van der Waals surface area contributed by atoms with Crippen LogP contribution in [0.5, 0.6) is 23.0 Å². The highest BCUT2D eigenvalue weighted by molar-refractivity contribution is 5.54. The SMILES string of the molecule is COc1[c]c(OC)c(OC)c(OC)c1. The molecule has 0 unspecified atom stereocenters. The molecule has 4 nitrogen and oxygen atoms in total. The van der Waals surface area contributed by atoms with Crippen LogP contribution in [-0.4, -0.2) is 28.4 Å². The van der Waals surface area contributed by atoms with Gasteiger partial charge >= 0.3 is 0 Å². The van der Waals surface area contributed by atoms with Gasteiger partial charge in [-0.3, -0.25) is 0 Å². The van der Waals surface area contributed by atoms with Crippen LogP contribution < -0.4 is 18.9 Å². The first-order valence-corrected chi connectivity index (χ1v) is 4.03. The van der Waals surface area contributed by atoms with Crippen molar-refractivity contribution in [3.05, 3.63) is 12.1 Å². The van der Waals surface area contributed by atoms with Gasteiger partial charge in [-0.25, -0.2) is 0 Å². The molecule has 0 bridgehead atoms. The van der Waals surface area contributed by atoms with Crippen molar-refractivity contribution in [1.29, 1.82) is 0 Å². The maximum Gasteiger partial charge on any atom is 0.204 e. The molecule has 0 aromatic heterocycles. The molecule has 14 heavy (non-hydrogen) atoms. The average molecular weight is 197 g/mol. The predicted octanol–water partition coefficient (Wildman–Crippen LogP) is 1.52. The summed E-state index contributed by atoms with van der Waals surface area (Å²) in [4.78, 5) is 0. The van der Waals surface area contributed by atoms with Crippen LogP contribution in [-0.2, 0) is 0 Å². The molecule has 0 fully saturated rings. The standard InChI is InChI=1S/C10H13O4/c1-11-7-5-8(12-2)10(14-4)9(6-7)13-3/h5H,1-4H3. The summed E-state index contributed by atoms with van der Waals surface area (Å²) in [5, 5.41) is 0. The lowest BCUT2D eigenvalue weighted by atomic mass is 10.2. The molecule has 0 aliphatic heterocycles. The lowest BCUT2D eigenvalue weighted by Gasteiger charge is -2.12. The number of benzene rings is 1. The van der Waals surface area contributed by atoms with E-state index in [4.69, 9.17) is 18.9 Å². The molecule has 77 valence electrons. The molecule has 0 N–H and O–H groups in total. The van der Waals surface area contributed by atoms with E-state index >= 15 is 0 Å². The number of ether oxygens (including phenoxy) is 4. The Balaban J connectivity index is 3.24. The first-order valence-electron chi connectivity index (χ1n) is 4.03. The quantitative estimate of drug-likeness (QED) is 0.733. The van der Waals surface area contributed by atoms with Crippen LogP contribution in [0, 0.1) is 6.07 Å². The fourth-order valence-corrected chi connectivity index (χ4v) is 1.10. The Morgan fingerprint density at radius 2 is 1.64 bits per heavy atom. The molecule has 1 aromatic rings. The second-order valence-electron chi connectivity index (χ2n) is 2.47. The minimum Gasteiger partial charge on any atom is -0.496 e. The average Bonchev–Trinajstić information content (AvgIpc) is 2.26. The minimum atomic E-state index is 0.462. The molecule has 0 aliphatic carbocycles. The molecular weight excluding hydrogens is 184 g/mol. The lowest BCUT2D eigenvalue weighted by molar-refractivity contribution is 0.318. The maximum atomic E-state index is 5.12. The number of methoxy groups -OCH3 is 4. The Kier molecular flexibility index (Phi) is 3.45. The highest BCUT2D eigenvalue weighted by Gasteiger charge is 2.13. The summed E-state index contributed by atoms with van der Waals surface area (Å²) in [6.07, 6.45) is 0. The maximum absolute atomic E-state index is 5.12. The van der Waals surface area contributed by atoms with E-state index in [0.717, 1.165) is 0 Å². The minimum absolute atomic E-state index is 0.462. The van der Waals surface area contributed by atoms with Crippen molar-refractivity contribution in [3.63, 3.8) is 0 Å². The third-order valence-electron chi connectivity index (χ3n) is 1.78. The third-order valence-corrected chi connectivity index (χ3v) is 1.78. The van der Waals surface area contributed by atoms with Crippen molar-refractivity contribution in [2.45, 2.75) is 0 Å². The highest BCUT2D eigenvalue weighted by Crippen LogP contribution is 2.39. The van der Waals surface area contributed by atoms with Crippen molar-refractivity contribution in [2.24, 2.45) is 0 Å². The molecule has 4 heteroatoms.